The first-order valence-electron chi connectivity index (χ1n) is 5.80. The zero-order valence-electron chi connectivity index (χ0n) is 10.7. The molecular weight excluding hydrogens is 354 g/mol. The van der Waals surface area contributed by atoms with Gasteiger partial charge in [-0.2, -0.15) is 0 Å². The molecule has 0 aliphatic carbocycles. The Bertz CT molecular complexity index is 587. The number of hydrogen-bond donors (Lipinski definition) is 1. The lowest BCUT2D eigenvalue weighted by Crippen LogP contribution is -2.24. The lowest BCUT2D eigenvalue weighted by atomic mass is 10.1. The molecule has 0 saturated carbocycles. The van der Waals surface area contributed by atoms with Gasteiger partial charge in [-0.25, -0.2) is 8.42 Å². The molecule has 4 nitrogen and oxygen atoms in total. The van der Waals surface area contributed by atoms with Crippen molar-refractivity contribution in [1.29, 1.82) is 0 Å². The van der Waals surface area contributed by atoms with E-state index in [1.807, 2.05) is 6.92 Å². The second-order valence-electron chi connectivity index (χ2n) is 4.15. The minimum atomic E-state index is -3.89. The fourth-order valence-electron chi connectivity index (χ4n) is 1.53. The summed E-state index contributed by atoms with van der Waals surface area (Å²) in [6.07, 6.45) is 1.85. The fraction of sp³-hybridized carbons (Fsp3) is 0.417. The summed E-state index contributed by atoms with van der Waals surface area (Å²) >= 11 is 3.17. The first kappa shape index (κ1) is 16.5. The molecule has 0 unspecified atom stereocenters. The Balaban J connectivity index is 3.11. The minimum absolute atomic E-state index is 0.0881. The van der Waals surface area contributed by atoms with Crippen molar-refractivity contribution in [2.45, 2.75) is 31.6 Å². The van der Waals surface area contributed by atoms with Gasteiger partial charge in [0.15, 0.2) is 0 Å². The molecule has 1 aromatic carbocycles. The van der Waals surface area contributed by atoms with Crippen LogP contribution in [0.2, 0.25) is 0 Å². The van der Waals surface area contributed by atoms with E-state index in [2.05, 4.69) is 21.2 Å². The Morgan fingerprint density at radius 1 is 1.42 bits per heavy atom. The predicted molar refractivity (Wildman–Crippen MR) is 79.2 cm³/mol. The first-order chi connectivity index (χ1) is 8.77. The summed E-state index contributed by atoms with van der Waals surface area (Å²) in [4.78, 5) is 11.8. The number of aryl methyl sites for hydroxylation is 1. The summed E-state index contributed by atoms with van der Waals surface area (Å²) in [6.45, 7) is 4.29. The average molecular weight is 369 g/mol. The number of carbonyl (C=O) groups is 1. The van der Waals surface area contributed by atoms with E-state index in [9.17, 15) is 13.2 Å². The molecule has 106 valence electrons. The van der Waals surface area contributed by atoms with Crippen molar-refractivity contribution in [1.82, 2.24) is 5.32 Å². The maximum atomic E-state index is 11.9. The van der Waals surface area contributed by atoms with Crippen LogP contribution in [0.1, 0.15) is 35.7 Å². The Kier molecular flexibility index (Phi) is 5.82. The minimum Gasteiger partial charge on any atom is -0.352 e. The van der Waals surface area contributed by atoms with Gasteiger partial charge in [0.2, 0.25) is 0 Å². The molecule has 0 aromatic heterocycles. The van der Waals surface area contributed by atoms with E-state index in [1.54, 1.807) is 13.0 Å². The summed E-state index contributed by atoms with van der Waals surface area (Å²) in [7, 11) is 1.46. The largest absolute Gasteiger partial charge is 0.352 e. The van der Waals surface area contributed by atoms with Gasteiger partial charge in [0.1, 0.15) is 0 Å². The number of nitrogens with one attached hydrogen (secondary N) is 1. The van der Waals surface area contributed by atoms with E-state index in [-0.39, 0.29) is 16.4 Å². The third-order valence-corrected chi connectivity index (χ3v) is 5.22. The van der Waals surface area contributed by atoms with Gasteiger partial charge in [0.05, 0.1) is 4.90 Å². The number of halogens is 2. The van der Waals surface area contributed by atoms with Crippen LogP contribution in [0.15, 0.2) is 21.5 Å². The van der Waals surface area contributed by atoms with Gasteiger partial charge >= 0.3 is 0 Å². The highest BCUT2D eigenvalue weighted by Gasteiger charge is 2.19. The molecule has 1 amide bonds. The van der Waals surface area contributed by atoms with Crippen LogP contribution in [0.5, 0.6) is 0 Å². The third-order valence-electron chi connectivity index (χ3n) is 2.56. The van der Waals surface area contributed by atoms with Gasteiger partial charge in [-0.15, -0.1) is 0 Å². The normalized spacial score (nSPS) is 11.4. The Hall–Kier alpha value is -0.590. The quantitative estimate of drug-likeness (QED) is 0.641. The van der Waals surface area contributed by atoms with Crippen molar-refractivity contribution in [3.63, 3.8) is 0 Å². The number of rotatable bonds is 5. The van der Waals surface area contributed by atoms with Crippen molar-refractivity contribution in [2.75, 3.05) is 6.54 Å². The molecule has 0 radical (unpaired) electrons. The smallest absolute Gasteiger partial charge is 0.262 e. The van der Waals surface area contributed by atoms with E-state index < -0.39 is 9.05 Å². The van der Waals surface area contributed by atoms with Gasteiger partial charge in [-0.1, -0.05) is 13.3 Å². The summed E-state index contributed by atoms with van der Waals surface area (Å²) in [5.41, 5.74) is 0.929. The highest BCUT2D eigenvalue weighted by atomic mass is 79.9. The molecule has 0 spiro atoms. The fourth-order valence-corrected chi connectivity index (χ4v) is 3.68. The lowest BCUT2D eigenvalue weighted by molar-refractivity contribution is 0.0953. The maximum absolute atomic E-state index is 11.9. The number of hydrogen-bond acceptors (Lipinski definition) is 3. The molecule has 0 bridgehead atoms. The molecule has 1 aromatic rings. The zero-order chi connectivity index (χ0) is 14.6. The van der Waals surface area contributed by atoms with E-state index in [4.69, 9.17) is 10.7 Å². The van der Waals surface area contributed by atoms with Crippen molar-refractivity contribution in [3.05, 3.63) is 27.7 Å². The molecule has 0 saturated heterocycles. The highest BCUT2D eigenvalue weighted by Crippen LogP contribution is 2.29. The molecule has 1 rings (SSSR count). The van der Waals surface area contributed by atoms with Gasteiger partial charge in [0.25, 0.3) is 15.0 Å². The highest BCUT2D eigenvalue weighted by molar-refractivity contribution is 9.10. The Morgan fingerprint density at radius 2 is 2.05 bits per heavy atom. The Labute approximate surface area is 126 Å². The van der Waals surface area contributed by atoms with Crippen molar-refractivity contribution >= 4 is 41.6 Å². The van der Waals surface area contributed by atoms with E-state index in [0.717, 1.165) is 12.8 Å². The SMILES string of the molecule is CCCCNC(=O)c1cc(C)c(Br)c(S(=O)(=O)Cl)c1. The lowest BCUT2D eigenvalue weighted by Gasteiger charge is -2.09. The van der Waals surface area contributed by atoms with Crippen molar-refractivity contribution in [3.8, 4) is 0 Å². The summed E-state index contributed by atoms with van der Waals surface area (Å²) in [5, 5.41) is 2.73. The molecule has 0 atom stereocenters. The number of carbonyl (C=O) groups excluding carboxylic acids is 1. The average Bonchev–Trinajstić information content (AvgIpc) is 2.31. The number of unbranched alkanes of at least 4 members (excludes halogenated alkanes) is 1. The molecule has 0 aliphatic rings. The van der Waals surface area contributed by atoms with Crippen molar-refractivity contribution in [2.24, 2.45) is 0 Å². The van der Waals surface area contributed by atoms with Crippen LogP contribution in [0.25, 0.3) is 0 Å². The second-order valence-corrected chi connectivity index (χ2v) is 7.48. The number of benzene rings is 1. The molecule has 0 heterocycles. The number of amides is 1. The molecule has 1 N–H and O–H groups in total. The van der Waals surface area contributed by atoms with Crippen LogP contribution in [0.4, 0.5) is 0 Å². The van der Waals surface area contributed by atoms with Gasteiger partial charge in [-0.05, 0) is 47.0 Å². The molecule has 0 fully saturated rings. The van der Waals surface area contributed by atoms with Crippen LogP contribution >= 0.6 is 26.6 Å². The molecule has 7 heteroatoms. The van der Waals surface area contributed by atoms with Gasteiger partial charge in [-0.3, -0.25) is 4.79 Å². The van der Waals surface area contributed by atoms with Crippen molar-refractivity contribution < 1.29 is 13.2 Å². The molecular formula is C12H15BrClNO3S. The van der Waals surface area contributed by atoms with E-state index in [0.29, 0.717) is 16.6 Å². The monoisotopic (exact) mass is 367 g/mol. The zero-order valence-corrected chi connectivity index (χ0v) is 13.8. The predicted octanol–water partition coefficient (Wildman–Crippen LogP) is 3.21. The standard InChI is InChI=1S/C12H15BrClNO3S/c1-3-4-5-15-12(16)9-6-8(2)11(13)10(7-9)19(14,17)18/h6-7H,3-5H2,1-2H3,(H,15,16). The summed E-state index contributed by atoms with van der Waals surface area (Å²) in [5.74, 6) is -0.300. The molecule has 0 aliphatic heterocycles. The van der Waals surface area contributed by atoms with Crippen LogP contribution in [0.3, 0.4) is 0 Å². The summed E-state index contributed by atoms with van der Waals surface area (Å²) in [6, 6.07) is 2.90. The van der Waals surface area contributed by atoms with Crippen LogP contribution in [-0.4, -0.2) is 20.9 Å². The molecule has 19 heavy (non-hydrogen) atoms. The maximum Gasteiger partial charge on any atom is 0.262 e. The van der Waals surface area contributed by atoms with E-state index in [1.165, 1.54) is 6.07 Å². The van der Waals surface area contributed by atoms with Crippen LogP contribution in [-0.2, 0) is 9.05 Å². The topological polar surface area (TPSA) is 63.2 Å². The van der Waals surface area contributed by atoms with Gasteiger partial charge in [0, 0.05) is 27.3 Å². The van der Waals surface area contributed by atoms with Gasteiger partial charge < -0.3 is 5.32 Å². The Morgan fingerprint density at radius 3 is 2.58 bits per heavy atom. The van der Waals surface area contributed by atoms with Crippen LogP contribution < -0.4 is 5.32 Å². The van der Waals surface area contributed by atoms with E-state index >= 15 is 0 Å². The summed E-state index contributed by atoms with van der Waals surface area (Å²) < 4.78 is 23.3. The van der Waals surface area contributed by atoms with Crippen LogP contribution in [0, 0.1) is 6.92 Å². The second kappa shape index (κ2) is 6.72. The third kappa shape index (κ3) is 4.47. The first-order valence-corrected chi connectivity index (χ1v) is 8.90.